The van der Waals surface area contributed by atoms with Gasteiger partial charge in [0.05, 0.1) is 11.4 Å². The number of carboxylic acid groups (broad SMARTS) is 1. The van der Waals surface area contributed by atoms with E-state index < -0.39 is 5.97 Å². The fourth-order valence-corrected chi connectivity index (χ4v) is 2.80. The molecule has 1 fully saturated rings. The first-order chi connectivity index (χ1) is 7.65. The normalized spacial score (nSPS) is 15.6. The smallest absolute Gasteiger partial charge is 0.304 e. The first kappa shape index (κ1) is 11.9. The van der Waals surface area contributed by atoms with Crippen molar-refractivity contribution in [1.29, 1.82) is 0 Å². The van der Waals surface area contributed by atoms with Gasteiger partial charge in [-0.15, -0.1) is 11.3 Å². The van der Waals surface area contributed by atoms with E-state index in [9.17, 15) is 4.79 Å². The number of thiophene rings is 1. The van der Waals surface area contributed by atoms with Gasteiger partial charge in [-0.2, -0.15) is 0 Å². The van der Waals surface area contributed by atoms with Crippen LogP contribution in [0.5, 0.6) is 0 Å². The van der Waals surface area contributed by atoms with Gasteiger partial charge in [0.15, 0.2) is 0 Å². The van der Waals surface area contributed by atoms with E-state index >= 15 is 0 Å². The fraction of sp³-hybridized carbons (Fsp3) is 0.545. The minimum Gasteiger partial charge on any atom is -0.481 e. The Morgan fingerprint density at radius 2 is 2.38 bits per heavy atom. The minimum atomic E-state index is -0.727. The van der Waals surface area contributed by atoms with E-state index in [2.05, 4.69) is 4.90 Å². The van der Waals surface area contributed by atoms with Gasteiger partial charge in [-0.3, -0.25) is 9.69 Å². The molecule has 0 radical (unpaired) electrons. The molecule has 0 spiro atoms. The summed E-state index contributed by atoms with van der Waals surface area (Å²) in [6, 6.07) is 2.54. The molecule has 0 unspecified atom stereocenters. The Morgan fingerprint density at radius 1 is 1.62 bits per heavy atom. The van der Waals surface area contributed by atoms with Gasteiger partial charge in [0.25, 0.3) is 0 Å². The van der Waals surface area contributed by atoms with Crippen LogP contribution in [0.15, 0.2) is 11.4 Å². The summed E-state index contributed by atoms with van der Waals surface area (Å²) in [5, 5.41) is 11.4. The van der Waals surface area contributed by atoms with Crippen molar-refractivity contribution < 1.29 is 9.90 Å². The summed E-state index contributed by atoms with van der Waals surface area (Å²) in [6.45, 7) is 1.46. The number of carbonyl (C=O) groups is 1. The first-order valence-electron chi connectivity index (χ1n) is 5.34. The number of hydrogen-bond acceptors (Lipinski definition) is 3. The number of halogens is 1. The van der Waals surface area contributed by atoms with Gasteiger partial charge in [-0.1, -0.05) is 11.6 Å². The quantitative estimate of drug-likeness (QED) is 0.854. The Labute approximate surface area is 104 Å². The number of hydrogen-bond donors (Lipinski definition) is 1. The van der Waals surface area contributed by atoms with Crippen LogP contribution in [0.1, 0.15) is 24.1 Å². The average Bonchev–Trinajstić information content (AvgIpc) is 2.98. The van der Waals surface area contributed by atoms with E-state index in [0.717, 1.165) is 11.6 Å². The van der Waals surface area contributed by atoms with E-state index in [-0.39, 0.29) is 6.42 Å². The maximum Gasteiger partial charge on any atom is 0.304 e. The van der Waals surface area contributed by atoms with Crippen molar-refractivity contribution >= 4 is 28.9 Å². The van der Waals surface area contributed by atoms with Crippen LogP contribution in [0.4, 0.5) is 0 Å². The van der Waals surface area contributed by atoms with E-state index in [1.165, 1.54) is 17.7 Å². The van der Waals surface area contributed by atoms with Gasteiger partial charge < -0.3 is 5.11 Å². The largest absolute Gasteiger partial charge is 0.481 e. The van der Waals surface area contributed by atoms with Gasteiger partial charge in [0.1, 0.15) is 0 Å². The molecule has 0 atom stereocenters. The van der Waals surface area contributed by atoms with Gasteiger partial charge in [-0.05, 0) is 18.9 Å². The standard InChI is InChI=1S/C11H14ClNO2S/c12-8-5-10(16-7-8)6-13(9-1-2-9)4-3-11(14)15/h5,7,9H,1-4,6H2,(H,14,15). The monoisotopic (exact) mass is 259 g/mol. The minimum absolute atomic E-state index is 0.218. The summed E-state index contributed by atoms with van der Waals surface area (Å²) in [5.41, 5.74) is 0. The van der Waals surface area contributed by atoms with Gasteiger partial charge >= 0.3 is 5.97 Å². The molecule has 16 heavy (non-hydrogen) atoms. The molecule has 1 aliphatic rings. The molecule has 5 heteroatoms. The molecule has 0 saturated heterocycles. The van der Waals surface area contributed by atoms with Crippen molar-refractivity contribution in [2.24, 2.45) is 0 Å². The van der Waals surface area contributed by atoms with Crippen LogP contribution in [0.2, 0.25) is 5.02 Å². The lowest BCUT2D eigenvalue weighted by Gasteiger charge is -2.19. The van der Waals surface area contributed by atoms with Crippen LogP contribution in [0.25, 0.3) is 0 Å². The zero-order chi connectivity index (χ0) is 11.5. The average molecular weight is 260 g/mol. The number of nitrogens with zero attached hydrogens (tertiary/aromatic N) is 1. The Morgan fingerprint density at radius 3 is 2.88 bits per heavy atom. The molecule has 0 aliphatic heterocycles. The lowest BCUT2D eigenvalue weighted by atomic mass is 10.3. The third-order valence-electron chi connectivity index (χ3n) is 2.66. The van der Waals surface area contributed by atoms with Gasteiger partial charge in [0.2, 0.25) is 0 Å². The Hall–Kier alpha value is -0.580. The predicted molar refractivity (Wildman–Crippen MR) is 65.0 cm³/mol. The third-order valence-corrected chi connectivity index (χ3v) is 3.93. The molecule has 1 heterocycles. The van der Waals surface area contributed by atoms with E-state index in [1.54, 1.807) is 11.3 Å². The summed E-state index contributed by atoms with van der Waals surface area (Å²) >= 11 is 7.50. The molecule has 0 amide bonds. The highest BCUT2D eigenvalue weighted by Gasteiger charge is 2.29. The first-order valence-corrected chi connectivity index (χ1v) is 6.59. The van der Waals surface area contributed by atoms with Crippen LogP contribution < -0.4 is 0 Å². The Kier molecular flexibility index (Phi) is 3.84. The van der Waals surface area contributed by atoms with Crippen molar-refractivity contribution in [1.82, 2.24) is 4.90 Å². The zero-order valence-corrected chi connectivity index (χ0v) is 10.4. The van der Waals surface area contributed by atoms with E-state index in [0.29, 0.717) is 12.6 Å². The second-order valence-corrected chi connectivity index (χ2v) is 5.51. The Bertz CT molecular complexity index is 376. The number of aliphatic carboxylic acids is 1. The molecule has 2 rings (SSSR count). The maximum atomic E-state index is 10.6. The van der Waals surface area contributed by atoms with Crippen LogP contribution in [0, 0.1) is 0 Å². The summed E-state index contributed by atoms with van der Waals surface area (Å²) < 4.78 is 0. The molecule has 1 N–H and O–H groups in total. The SMILES string of the molecule is O=C(O)CCN(Cc1cc(Cl)cs1)C1CC1. The molecule has 1 aromatic rings. The van der Waals surface area contributed by atoms with Gasteiger partial charge in [0, 0.05) is 29.4 Å². The highest BCUT2D eigenvalue weighted by atomic mass is 35.5. The van der Waals surface area contributed by atoms with Crippen LogP contribution >= 0.6 is 22.9 Å². The molecule has 0 aromatic carbocycles. The fourth-order valence-electron chi connectivity index (χ4n) is 1.71. The van der Waals surface area contributed by atoms with Crippen molar-refractivity contribution in [2.75, 3.05) is 6.54 Å². The van der Waals surface area contributed by atoms with Gasteiger partial charge in [-0.25, -0.2) is 0 Å². The van der Waals surface area contributed by atoms with Crippen LogP contribution in [-0.4, -0.2) is 28.6 Å². The van der Waals surface area contributed by atoms with Crippen molar-refractivity contribution in [3.8, 4) is 0 Å². The summed E-state index contributed by atoms with van der Waals surface area (Å²) in [7, 11) is 0. The number of carboxylic acids is 1. The Balaban J connectivity index is 1.89. The third kappa shape index (κ3) is 3.47. The van der Waals surface area contributed by atoms with Crippen LogP contribution in [-0.2, 0) is 11.3 Å². The number of rotatable bonds is 6. The molecule has 1 saturated carbocycles. The highest BCUT2D eigenvalue weighted by Crippen LogP contribution is 2.30. The second-order valence-electron chi connectivity index (χ2n) is 4.08. The second kappa shape index (κ2) is 5.17. The lowest BCUT2D eigenvalue weighted by Crippen LogP contribution is -2.27. The van der Waals surface area contributed by atoms with E-state index in [4.69, 9.17) is 16.7 Å². The zero-order valence-electron chi connectivity index (χ0n) is 8.86. The topological polar surface area (TPSA) is 40.5 Å². The molecule has 1 aromatic heterocycles. The predicted octanol–water partition coefficient (Wildman–Crippen LogP) is 2.84. The molecule has 1 aliphatic carbocycles. The lowest BCUT2D eigenvalue weighted by molar-refractivity contribution is -0.137. The van der Waals surface area contributed by atoms with Crippen molar-refractivity contribution in [2.45, 2.75) is 31.8 Å². The molecule has 0 bridgehead atoms. The summed E-state index contributed by atoms with van der Waals surface area (Å²) in [4.78, 5) is 14.0. The maximum absolute atomic E-state index is 10.6. The van der Waals surface area contributed by atoms with E-state index in [1.807, 2.05) is 11.4 Å². The van der Waals surface area contributed by atoms with Crippen molar-refractivity contribution in [3.63, 3.8) is 0 Å². The molecule has 3 nitrogen and oxygen atoms in total. The molecule has 88 valence electrons. The van der Waals surface area contributed by atoms with Crippen molar-refractivity contribution in [3.05, 3.63) is 21.3 Å². The van der Waals surface area contributed by atoms with Crippen LogP contribution in [0.3, 0.4) is 0 Å². The molecular formula is C11H14ClNO2S. The molecular weight excluding hydrogens is 246 g/mol. The summed E-state index contributed by atoms with van der Waals surface area (Å²) in [5.74, 6) is -0.727. The summed E-state index contributed by atoms with van der Waals surface area (Å²) in [6.07, 6.45) is 2.60. The highest BCUT2D eigenvalue weighted by molar-refractivity contribution is 7.10.